The molecule has 0 fully saturated rings. The Hall–Kier alpha value is -2.10. The fourth-order valence-corrected chi connectivity index (χ4v) is 4.05. The topological polar surface area (TPSA) is 83.5 Å². The number of benzene rings is 2. The molecular weight excluding hydrogens is 422 g/mol. The minimum atomic E-state index is -4.89. The molecule has 0 saturated heterocycles. The number of hydrogen-bond acceptors (Lipinski definition) is 4. The second-order valence-electron chi connectivity index (χ2n) is 6.99. The summed E-state index contributed by atoms with van der Waals surface area (Å²) in [7, 11) is 0. The highest BCUT2D eigenvalue weighted by molar-refractivity contribution is 7.99. The number of carbonyl (C=O) groups is 1. The van der Waals surface area contributed by atoms with Crippen molar-refractivity contribution in [3.05, 3.63) is 59.4 Å². The number of alkyl halides is 3. The molecule has 0 aliphatic heterocycles. The van der Waals surface area contributed by atoms with Gasteiger partial charge in [0, 0.05) is 0 Å². The van der Waals surface area contributed by atoms with Crippen molar-refractivity contribution in [2.45, 2.75) is 37.6 Å². The molecule has 0 aliphatic rings. The van der Waals surface area contributed by atoms with Gasteiger partial charge in [-0.1, -0.05) is 30.3 Å². The zero-order valence-electron chi connectivity index (χ0n) is 16.2. The van der Waals surface area contributed by atoms with E-state index < -0.39 is 36.0 Å². The molecule has 30 heavy (non-hydrogen) atoms. The van der Waals surface area contributed by atoms with Gasteiger partial charge in [-0.05, 0) is 65.7 Å². The monoisotopic (exact) mass is 445 g/mol. The predicted octanol–water partition coefficient (Wildman–Crippen LogP) is 4.48. The van der Waals surface area contributed by atoms with Gasteiger partial charge in [-0.2, -0.15) is 24.9 Å². The van der Waals surface area contributed by atoms with Crippen LogP contribution in [0.4, 0.5) is 17.6 Å². The zero-order chi connectivity index (χ0) is 22.5. The molecule has 0 heterocycles. The molecule has 0 spiro atoms. The average molecular weight is 445 g/mol. The predicted molar refractivity (Wildman–Crippen MR) is 109 cm³/mol. The van der Waals surface area contributed by atoms with E-state index in [0.29, 0.717) is 16.7 Å². The maximum atomic E-state index is 13.7. The van der Waals surface area contributed by atoms with E-state index in [0.717, 1.165) is 11.8 Å². The second-order valence-corrected chi connectivity index (χ2v) is 8.22. The first-order valence-corrected chi connectivity index (χ1v) is 10.3. The van der Waals surface area contributed by atoms with Crippen LogP contribution in [0.5, 0.6) is 0 Å². The number of nitrogens with two attached hydrogens (primary N) is 1. The van der Waals surface area contributed by atoms with Gasteiger partial charge in [0.15, 0.2) is 5.60 Å². The maximum Gasteiger partial charge on any atom is 0.421 e. The minimum absolute atomic E-state index is 0.0266. The van der Waals surface area contributed by atoms with Crippen molar-refractivity contribution in [3.63, 3.8) is 0 Å². The van der Waals surface area contributed by atoms with Crippen LogP contribution in [-0.4, -0.2) is 39.9 Å². The smallest absolute Gasteiger partial charge is 0.421 e. The number of halogens is 4. The van der Waals surface area contributed by atoms with Crippen molar-refractivity contribution in [3.8, 4) is 11.1 Å². The number of thioether (sulfide) groups is 1. The van der Waals surface area contributed by atoms with Gasteiger partial charge in [0.1, 0.15) is 11.9 Å². The van der Waals surface area contributed by atoms with Crippen LogP contribution in [0.1, 0.15) is 24.0 Å². The van der Waals surface area contributed by atoms with Gasteiger partial charge in [0.2, 0.25) is 0 Å². The zero-order valence-corrected chi connectivity index (χ0v) is 17.1. The van der Waals surface area contributed by atoms with E-state index in [1.807, 2.05) is 0 Å². The third-order valence-electron chi connectivity index (χ3n) is 4.83. The lowest BCUT2D eigenvalue weighted by molar-refractivity contribution is -0.267. The molecule has 2 aromatic carbocycles. The summed E-state index contributed by atoms with van der Waals surface area (Å²) in [6, 6.07) is 8.46. The number of carboxylic acids is 1. The number of aryl methyl sites for hydroxylation is 1. The molecule has 4 nitrogen and oxygen atoms in total. The van der Waals surface area contributed by atoms with Crippen LogP contribution in [0, 0.1) is 12.7 Å². The number of aliphatic carboxylic acids is 1. The van der Waals surface area contributed by atoms with Crippen molar-refractivity contribution in [2.75, 3.05) is 11.5 Å². The molecule has 9 heteroatoms. The number of hydrogen-bond donors (Lipinski definition) is 3. The SMILES string of the molecule is Cc1cc(F)ccc1-c1ccc(C(O)(CCSCCC(N)C(=O)O)C(F)(F)F)cc1. The summed E-state index contributed by atoms with van der Waals surface area (Å²) in [5, 5.41) is 19.2. The fraction of sp³-hybridized carbons (Fsp3) is 0.381. The first kappa shape index (κ1) is 24.2. The Morgan fingerprint density at radius 1 is 1.13 bits per heavy atom. The van der Waals surface area contributed by atoms with E-state index in [9.17, 15) is 27.5 Å². The highest BCUT2D eigenvalue weighted by Gasteiger charge is 2.54. The van der Waals surface area contributed by atoms with Crippen molar-refractivity contribution < 1.29 is 32.6 Å². The summed E-state index contributed by atoms with van der Waals surface area (Å²) in [5.74, 6) is -1.33. The Balaban J connectivity index is 2.13. The summed E-state index contributed by atoms with van der Waals surface area (Å²) in [5.41, 5.74) is 3.97. The molecule has 0 radical (unpaired) electrons. The van der Waals surface area contributed by atoms with Crippen molar-refractivity contribution >= 4 is 17.7 Å². The van der Waals surface area contributed by atoms with Crippen LogP contribution in [0.15, 0.2) is 42.5 Å². The van der Waals surface area contributed by atoms with Gasteiger partial charge in [-0.25, -0.2) is 4.39 Å². The van der Waals surface area contributed by atoms with Crippen LogP contribution < -0.4 is 5.73 Å². The van der Waals surface area contributed by atoms with Crippen molar-refractivity contribution in [1.82, 2.24) is 0 Å². The first-order valence-electron chi connectivity index (χ1n) is 9.18. The lowest BCUT2D eigenvalue weighted by atomic mass is 9.88. The summed E-state index contributed by atoms with van der Waals surface area (Å²) >= 11 is 1.10. The molecule has 0 aromatic heterocycles. The number of aliphatic hydroxyl groups is 1. The van der Waals surface area contributed by atoms with Crippen LogP contribution >= 0.6 is 11.8 Å². The summed E-state index contributed by atoms with van der Waals surface area (Å²) in [6.07, 6.45) is -5.35. The quantitative estimate of drug-likeness (QED) is 0.392. The maximum absolute atomic E-state index is 13.7. The molecule has 0 aliphatic carbocycles. The van der Waals surface area contributed by atoms with Gasteiger partial charge in [-0.3, -0.25) is 4.79 Å². The molecule has 0 amide bonds. The van der Waals surface area contributed by atoms with Gasteiger partial charge in [0.05, 0.1) is 0 Å². The Morgan fingerprint density at radius 2 is 1.77 bits per heavy atom. The van der Waals surface area contributed by atoms with Gasteiger partial charge in [-0.15, -0.1) is 0 Å². The van der Waals surface area contributed by atoms with Crippen LogP contribution in [0.25, 0.3) is 11.1 Å². The molecular formula is C21H23F4NO3S. The normalized spacial score (nSPS) is 14.9. The highest BCUT2D eigenvalue weighted by Crippen LogP contribution is 2.43. The summed E-state index contributed by atoms with van der Waals surface area (Å²) in [4.78, 5) is 10.7. The van der Waals surface area contributed by atoms with Crippen LogP contribution in [-0.2, 0) is 10.4 Å². The summed E-state index contributed by atoms with van der Waals surface area (Å²) in [6.45, 7) is 1.70. The van der Waals surface area contributed by atoms with Crippen molar-refractivity contribution in [1.29, 1.82) is 0 Å². The molecule has 2 atom stereocenters. The Morgan fingerprint density at radius 3 is 2.30 bits per heavy atom. The van der Waals surface area contributed by atoms with Crippen LogP contribution in [0.2, 0.25) is 0 Å². The Labute approximate surface area is 176 Å². The van der Waals surface area contributed by atoms with Crippen molar-refractivity contribution in [2.24, 2.45) is 5.73 Å². The summed E-state index contributed by atoms with van der Waals surface area (Å²) < 4.78 is 54.3. The van der Waals surface area contributed by atoms with E-state index in [1.165, 1.54) is 36.4 Å². The van der Waals surface area contributed by atoms with E-state index in [-0.39, 0.29) is 23.5 Å². The highest BCUT2D eigenvalue weighted by atomic mass is 32.2. The van der Waals surface area contributed by atoms with E-state index in [4.69, 9.17) is 10.8 Å². The molecule has 4 N–H and O–H groups in total. The lowest BCUT2D eigenvalue weighted by Crippen LogP contribution is -2.42. The lowest BCUT2D eigenvalue weighted by Gasteiger charge is -2.31. The van der Waals surface area contributed by atoms with E-state index in [1.54, 1.807) is 13.0 Å². The molecule has 0 bridgehead atoms. The molecule has 2 rings (SSSR count). The Bertz CT molecular complexity index is 874. The fourth-order valence-electron chi connectivity index (χ4n) is 2.98. The number of rotatable bonds is 9. The average Bonchev–Trinajstić information content (AvgIpc) is 2.66. The van der Waals surface area contributed by atoms with Gasteiger partial charge >= 0.3 is 12.1 Å². The minimum Gasteiger partial charge on any atom is -0.480 e. The van der Waals surface area contributed by atoms with E-state index in [2.05, 4.69) is 0 Å². The third kappa shape index (κ3) is 5.74. The van der Waals surface area contributed by atoms with E-state index >= 15 is 0 Å². The standard InChI is InChI=1S/C21H23F4NO3S/c1-13-12-16(22)6-7-17(13)14-2-4-15(5-3-14)20(29,21(23,24)25)9-11-30-10-8-18(26)19(27)28/h2-7,12,18,29H,8-11,26H2,1H3,(H,27,28). The molecule has 2 unspecified atom stereocenters. The molecule has 164 valence electrons. The van der Waals surface area contributed by atoms with Gasteiger partial charge < -0.3 is 15.9 Å². The van der Waals surface area contributed by atoms with Gasteiger partial charge in [0.25, 0.3) is 0 Å². The number of carboxylic acid groups (broad SMARTS) is 1. The Kier molecular flexibility index (Phi) is 7.90. The first-order chi connectivity index (χ1) is 14.0. The third-order valence-corrected chi connectivity index (χ3v) is 5.85. The molecule has 0 saturated carbocycles. The second kappa shape index (κ2) is 9.80. The molecule has 2 aromatic rings. The largest absolute Gasteiger partial charge is 0.480 e. The van der Waals surface area contributed by atoms with Crippen LogP contribution in [0.3, 0.4) is 0 Å².